The molecule has 7 heteroatoms. The summed E-state index contributed by atoms with van der Waals surface area (Å²) in [7, 11) is 0. The van der Waals surface area contributed by atoms with E-state index in [1.165, 1.54) is 23.4 Å². The van der Waals surface area contributed by atoms with Gasteiger partial charge in [-0.25, -0.2) is 8.78 Å². The molecule has 0 spiro atoms. The summed E-state index contributed by atoms with van der Waals surface area (Å²) in [6.07, 6.45) is 2.65. The Morgan fingerprint density at radius 2 is 2.17 bits per heavy atom. The lowest BCUT2D eigenvalue weighted by molar-refractivity contribution is 0.190. The average Bonchev–Trinajstić information content (AvgIpc) is 3.11. The molecule has 3 atom stereocenters. The molecule has 0 radical (unpaired) electrons. The lowest BCUT2D eigenvalue weighted by Gasteiger charge is -2.38. The zero-order valence-corrected chi connectivity index (χ0v) is 13.3. The third-order valence-corrected chi connectivity index (χ3v) is 6.26. The van der Waals surface area contributed by atoms with Gasteiger partial charge in [0.1, 0.15) is 11.6 Å². The fourth-order valence-electron chi connectivity index (χ4n) is 3.50. The number of H-pyrrole nitrogens is 1. The molecule has 1 saturated heterocycles. The summed E-state index contributed by atoms with van der Waals surface area (Å²) in [6, 6.07) is 3.77. The molecule has 4 rings (SSSR count). The number of halogens is 2. The first kappa shape index (κ1) is 15.1. The van der Waals surface area contributed by atoms with E-state index in [4.69, 9.17) is 5.73 Å². The van der Waals surface area contributed by atoms with Gasteiger partial charge in [-0.15, -0.1) is 0 Å². The van der Waals surface area contributed by atoms with E-state index < -0.39 is 5.82 Å². The number of hydrogen-bond donors (Lipinski definition) is 2. The minimum atomic E-state index is -0.415. The van der Waals surface area contributed by atoms with Crippen LogP contribution in [0.2, 0.25) is 0 Å². The fourth-order valence-corrected chi connectivity index (χ4v) is 4.99. The van der Waals surface area contributed by atoms with Gasteiger partial charge in [0.05, 0.1) is 11.9 Å². The number of rotatable bonds is 2. The summed E-state index contributed by atoms with van der Waals surface area (Å²) >= 11 is 1.62. The van der Waals surface area contributed by atoms with E-state index >= 15 is 0 Å². The van der Waals surface area contributed by atoms with Crippen LogP contribution in [0.4, 0.5) is 8.78 Å². The number of nitrogens with one attached hydrogen (secondary N) is 1. The molecule has 3 heterocycles. The van der Waals surface area contributed by atoms with Gasteiger partial charge in [-0.2, -0.15) is 16.9 Å². The molecule has 3 N–H and O–H groups in total. The number of benzene rings is 1. The summed E-state index contributed by atoms with van der Waals surface area (Å²) in [4.78, 5) is 2.38. The van der Waals surface area contributed by atoms with Crippen molar-refractivity contribution in [1.82, 2.24) is 15.1 Å². The van der Waals surface area contributed by atoms with Gasteiger partial charge in [0.15, 0.2) is 0 Å². The van der Waals surface area contributed by atoms with Crippen LogP contribution in [0.5, 0.6) is 0 Å². The van der Waals surface area contributed by atoms with Gasteiger partial charge in [-0.05, 0) is 24.6 Å². The van der Waals surface area contributed by atoms with E-state index in [2.05, 4.69) is 15.1 Å². The molecular weight excluding hydrogens is 318 g/mol. The van der Waals surface area contributed by atoms with Gasteiger partial charge in [0.25, 0.3) is 0 Å². The number of hydrogen-bond acceptors (Lipinski definition) is 4. The van der Waals surface area contributed by atoms with Crippen molar-refractivity contribution in [3.63, 3.8) is 0 Å². The molecule has 122 valence electrons. The van der Waals surface area contributed by atoms with E-state index in [9.17, 15) is 8.78 Å². The number of aromatic nitrogens is 2. The Labute approximate surface area is 137 Å². The van der Waals surface area contributed by atoms with Crippen molar-refractivity contribution in [2.45, 2.75) is 36.8 Å². The molecule has 2 aliphatic heterocycles. The van der Waals surface area contributed by atoms with Crippen molar-refractivity contribution >= 4 is 11.8 Å². The highest BCUT2D eigenvalue weighted by molar-refractivity contribution is 7.99. The molecule has 0 aliphatic carbocycles. The van der Waals surface area contributed by atoms with Crippen LogP contribution in [0.25, 0.3) is 0 Å². The molecule has 2 aromatic rings. The molecule has 1 fully saturated rings. The maximum atomic E-state index is 14.0. The van der Waals surface area contributed by atoms with Crippen molar-refractivity contribution < 1.29 is 8.78 Å². The summed E-state index contributed by atoms with van der Waals surface area (Å²) in [5, 5.41) is 6.88. The van der Waals surface area contributed by atoms with E-state index in [0.717, 1.165) is 31.3 Å². The molecule has 23 heavy (non-hydrogen) atoms. The minimum absolute atomic E-state index is 0.188. The van der Waals surface area contributed by atoms with E-state index in [1.807, 2.05) is 6.20 Å². The molecule has 0 saturated carbocycles. The van der Waals surface area contributed by atoms with Crippen LogP contribution in [0, 0.1) is 11.6 Å². The van der Waals surface area contributed by atoms with Gasteiger partial charge < -0.3 is 5.73 Å². The Morgan fingerprint density at radius 3 is 2.96 bits per heavy atom. The summed E-state index contributed by atoms with van der Waals surface area (Å²) in [6.45, 7) is 1.73. The van der Waals surface area contributed by atoms with Gasteiger partial charge in [0, 0.05) is 47.3 Å². The van der Waals surface area contributed by atoms with E-state index in [1.54, 1.807) is 11.8 Å². The van der Waals surface area contributed by atoms with E-state index in [-0.39, 0.29) is 17.1 Å². The third kappa shape index (κ3) is 2.77. The van der Waals surface area contributed by atoms with Gasteiger partial charge in [-0.1, -0.05) is 0 Å². The Balaban J connectivity index is 1.46. The maximum absolute atomic E-state index is 14.0. The van der Waals surface area contributed by atoms with Crippen molar-refractivity contribution in [3.8, 4) is 0 Å². The molecule has 0 amide bonds. The second kappa shape index (κ2) is 5.89. The first-order valence-corrected chi connectivity index (χ1v) is 8.74. The first-order chi connectivity index (χ1) is 11.1. The van der Waals surface area contributed by atoms with Crippen molar-refractivity contribution in [3.05, 3.63) is 52.9 Å². The second-order valence-corrected chi connectivity index (χ2v) is 7.43. The standard InChI is InChI=1S/C16H18F2N4S/c17-10-1-2-13(18)12(3-10)16-14(19)4-11(8-23-16)22-6-9-5-20-21-15(9)7-22/h1-3,5,11,14,16H,4,6-8,19H2,(H,20,21)/t11-,14+,16-/m1/s1. The molecule has 1 aromatic heterocycles. The summed E-state index contributed by atoms with van der Waals surface area (Å²) in [5.74, 6) is 0.0772. The largest absolute Gasteiger partial charge is 0.326 e. The monoisotopic (exact) mass is 336 g/mol. The second-order valence-electron chi connectivity index (χ2n) is 6.25. The predicted molar refractivity (Wildman–Crippen MR) is 85.8 cm³/mol. The number of thioether (sulfide) groups is 1. The van der Waals surface area contributed by atoms with Crippen LogP contribution < -0.4 is 5.73 Å². The molecule has 0 unspecified atom stereocenters. The molecule has 4 nitrogen and oxygen atoms in total. The smallest absolute Gasteiger partial charge is 0.127 e. The van der Waals surface area contributed by atoms with Gasteiger partial charge in [0.2, 0.25) is 0 Å². The van der Waals surface area contributed by atoms with Crippen molar-refractivity contribution in [1.29, 1.82) is 0 Å². The molecule has 1 aromatic carbocycles. The van der Waals surface area contributed by atoms with Crippen LogP contribution in [-0.4, -0.2) is 32.9 Å². The zero-order chi connectivity index (χ0) is 16.0. The summed E-state index contributed by atoms with van der Waals surface area (Å²) in [5.41, 5.74) is 9.10. The Bertz CT molecular complexity index is 699. The molecule has 2 aliphatic rings. The fraction of sp³-hybridized carbons (Fsp3) is 0.438. The number of aromatic amines is 1. The average molecular weight is 336 g/mol. The predicted octanol–water partition coefficient (Wildman–Crippen LogP) is 2.58. The first-order valence-electron chi connectivity index (χ1n) is 7.69. The van der Waals surface area contributed by atoms with Gasteiger partial charge in [-0.3, -0.25) is 10.00 Å². The third-order valence-electron chi connectivity index (χ3n) is 4.72. The molecular formula is C16H18F2N4S. The number of fused-ring (bicyclic) bond motifs is 1. The SMILES string of the molecule is N[C@H]1C[C@@H](N2Cc3cn[nH]c3C2)CS[C@@H]1c1cc(F)ccc1F. The van der Waals surface area contributed by atoms with Crippen LogP contribution in [-0.2, 0) is 13.1 Å². The van der Waals surface area contributed by atoms with Crippen LogP contribution in [0.1, 0.15) is 28.5 Å². The normalized spacial score (nSPS) is 28.0. The highest BCUT2D eigenvalue weighted by Gasteiger charge is 2.36. The topological polar surface area (TPSA) is 57.9 Å². The van der Waals surface area contributed by atoms with Crippen LogP contribution in [0.15, 0.2) is 24.4 Å². The Morgan fingerprint density at radius 1 is 1.30 bits per heavy atom. The Kier molecular flexibility index (Phi) is 3.87. The number of nitrogens with zero attached hydrogens (tertiary/aromatic N) is 2. The van der Waals surface area contributed by atoms with Gasteiger partial charge >= 0.3 is 0 Å². The van der Waals surface area contributed by atoms with Crippen molar-refractivity contribution in [2.24, 2.45) is 5.73 Å². The number of nitrogens with two attached hydrogens (primary N) is 1. The maximum Gasteiger partial charge on any atom is 0.127 e. The minimum Gasteiger partial charge on any atom is -0.326 e. The van der Waals surface area contributed by atoms with Crippen molar-refractivity contribution in [2.75, 3.05) is 5.75 Å². The van der Waals surface area contributed by atoms with E-state index in [0.29, 0.717) is 11.6 Å². The van der Waals surface area contributed by atoms with Crippen LogP contribution >= 0.6 is 11.8 Å². The zero-order valence-electron chi connectivity index (χ0n) is 12.5. The highest BCUT2D eigenvalue weighted by Crippen LogP contribution is 2.41. The Hall–Kier alpha value is -1.44. The lowest BCUT2D eigenvalue weighted by atomic mass is 9.98. The van der Waals surface area contributed by atoms with Crippen LogP contribution in [0.3, 0.4) is 0 Å². The lowest BCUT2D eigenvalue weighted by Crippen LogP contribution is -2.44. The summed E-state index contributed by atoms with van der Waals surface area (Å²) < 4.78 is 27.4. The molecule has 0 bridgehead atoms. The quantitative estimate of drug-likeness (QED) is 0.885. The highest BCUT2D eigenvalue weighted by atomic mass is 32.2.